The largest absolute Gasteiger partial charge is 2.00 e. The molecule has 82 valence electrons. The zero-order valence-corrected chi connectivity index (χ0v) is 10.4. The minimum Gasteiger partial charge on any atom is -0.449 e. The molecule has 1 aromatic rings. The van der Waals surface area contributed by atoms with Crippen LogP contribution in [0.15, 0.2) is 17.5 Å². The maximum atomic E-state index is 4.50. The second-order valence-corrected chi connectivity index (χ2v) is 3.52. The summed E-state index contributed by atoms with van der Waals surface area (Å²) in [5.41, 5.74) is 0.880. The van der Waals surface area contributed by atoms with Crippen LogP contribution in [0.3, 0.4) is 0 Å². The van der Waals surface area contributed by atoms with Crippen molar-refractivity contribution in [3.8, 4) is 0 Å². The Bertz CT molecular complexity index is 263. The van der Waals surface area contributed by atoms with Crippen molar-refractivity contribution in [3.05, 3.63) is 25.6 Å². The number of nitrogens with zero attached hydrogens (tertiary/aromatic N) is 3. The van der Waals surface area contributed by atoms with Gasteiger partial charge >= 0.3 is 17.4 Å². The molecule has 0 radical (unpaired) electrons. The van der Waals surface area contributed by atoms with Gasteiger partial charge in [-0.2, -0.15) is 0 Å². The van der Waals surface area contributed by atoms with Crippen molar-refractivity contribution in [1.82, 2.24) is 9.97 Å². The van der Waals surface area contributed by atoms with Crippen molar-refractivity contribution in [2.75, 3.05) is 0 Å². The van der Waals surface area contributed by atoms with Crippen molar-refractivity contribution in [2.45, 2.75) is 38.1 Å². The molecule has 0 saturated heterocycles. The molecule has 0 spiro atoms. The predicted molar refractivity (Wildman–Crippen MR) is 58.4 cm³/mol. The molecule has 0 bridgehead atoms. The topological polar surface area (TPSA) is 39.4 Å². The summed E-state index contributed by atoms with van der Waals surface area (Å²) in [5.74, 6) is 0. The third-order valence-electron chi connectivity index (χ3n) is 2.47. The molecule has 1 aliphatic rings. The molecule has 1 saturated carbocycles. The Labute approximate surface area is 103 Å². The first-order valence-electron chi connectivity index (χ1n) is 4.91. The van der Waals surface area contributed by atoms with Crippen LogP contribution >= 0.6 is 0 Å². The molecule has 1 aliphatic carbocycles. The fourth-order valence-corrected chi connectivity index (χ4v) is 1.72. The van der Waals surface area contributed by atoms with Crippen molar-refractivity contribution in [1.29, 1.82) is 0 Å². The Hall–Kier alpha value is -0.588. The minimum atomic E-state index is 0. The van der Waals surface area contributed by atoms with Crippen LogP contribution in [0, 0.1) is 7.43 Å². The van der Waals surface area contributed by atoms with Crippen LogP contribution < -0.4 is 4.98 Å². The van der Waals surface area contributed by atoms with E-state index >= 15 is 0 Å². The number of aromatic nitrogens is 2. The molecule has 1 aromatic heterocycles. The molecule has 0 aromatic carbocycles. The van der Waals surface area contributed by atoms with Crippen LogP contribution in [0.25, 0.3) is 0 Å². The van der Waals surface area contributed by atoms with Crippen molar-refractivity contribution < 1.29 is 17.4 Å². The standard InChI is InChI=1S/C10H14N3.CH3.Cr/c1-2-4-9(5-3-1)12-7-10-6-11-8-13-10;;/h6-9H,1-5H2;1H3;/q2*-1;+2. The van der Waals surface area contributed by atoms with E-state index in [0.29, 0.717) is 6.04 Å². The second kappa shape index (κ2) is 7.67. The van der Waals surface area contributed by atoms with Crippen LogP contribution in [-0.2, 0) is 17.4 Å². The molecular weight excluding hydrogens is 226 g/mol. The van der Waals surface area contributed by atoms with E-state index in [0.717, 1.165) is 5.69 Å². The van der Waals surface area contributed by atoms with Gasteiger partial charge in [-0.15, -0.1) is 0 Å². The van der Waals surface area contributed by atoms with E-state index in [2.05, 4.69) is 15.0 Å². The smallest absolute Gasteiger partial charge is 0.449 e. The summed E-state index contributed by atoms with van der Waals surface area (Å²) in [5, 5.41) is 0. The molecule has 0 amide bonds. The molecule has 1 fully saturated rings. The molecule has 4 heteroatoms. The average Bonchev–Trinajstić information content (AvgIpc) is 2.69. The normalized spacial score (nSPS) is 17.1. The summed E-state index contributed by atoms with van der Waals surface area (Å²) < 4.78 is 0. The Morgan fingerprint density at radius 3 is 2.67 bits per heavy atom. The summed E-state index contributed by atoms with van der Waals surface area (Å²) in [4.78, 5) is 12.4. The Balaban J connectivity index is 0.000000980. The van der Waals surface area contributed by atoms with Gasteiger partial charge in [0.2, 0.25) is 0 Å². The molecule has 0 atom stereocenters. The van der Waals surface area contributed by atoms with Crippen LogP contribution in [0.5, 0.6) is 0 Å². The molecular formula is C11H17CrN3. The predicted octanol–water partition coefficient (Wildman–Crippen LogP) is 2.24. The molecule has 2 rings (SSSR count). The van der Waals surface area contributed by atoms with E-state index < -0.39 is 0 Å². The van der Waals surface area contributed by atoms with E-state index in [-0.39, 0.29) is 24.8 Å². The van der Waals surface area contributed by atoms with Crippen LogP contribution in [0.1, 0.15) is 37.8 Å². The molecule has 15 heavy (non-hydrogen) atoms. The Morgan fingerprint density at radius 2 is 2.07 bits per heavy atom. The van der Waals surface area contributed by atoms with Gasteiger partial charge in [-0.3, -0.25) is 4.99 Å². The van der Waals surface area contributed by atoms with Crippen molar-refractivity contribution in [3.63, 3.8) is 0 Å². The third-order valence-corrected chi connectivity index (χ3v) is 2.47. The first-order valence-corrected chi connectivity index (χ1v) is 4.91. The first-order chi connectivity index (χ1) is 6.45. The van der Waals surface area contributed by atoms with Crippen LogP contribution in [0.4, 0.5) is 0 Å². The fourth-order valence-electron chi connectivity index (χ4n) is 1.72. The van der Waals surface area contributed by atoms with Gasteiger partial charge in [-0.05, 0) is 18.5 Å². The summed E-state index contributed by atoms with van der Waals surface area (Å²) in [6.45, 7) is 0. The van der Waals surface area contributed by atoms with Crippen LogP contribution in [0.2, 0.25) is 0 Å². The SMILES string of the molecule is C(=NC1CCCCC1)c1cnc[n-]1.[CH3-].[Cr+2]. The summed E-state index contributed by atoms with van der Waals surface area (Å²) >= 11 is 0. The fraction of sp³-hybridized carbons (Fsp3) is 0.545. The molecule has 0 N–H and O–H groups in total. The Morgan fingerprint density at radius 1 is 1.33 bits per heavy atom. The van der Waals surface area contributed by atoms with Gasteiger partial charge < -0.3 is 17.4 Å². The number of aliphatic imine (C=N–C) groups is 1. The number of rotatable bonds is 2. The Kier molecular flexibility index (Phi) is 7.37. The number of imidazole rings is 1. The summed E-state index contributed by atoms with van der Waals surface area (Å²) in [7, 11) is 0. The minimum absolute atomic E-state index is 0. The van der Waals surface area contributed by atoms with E-state index in [1.54, 1.807) is 12.5 Å². The zero-order chi connectivity index (χ0) is 8.93. The van der Waals surface area contributed by atoms with E-state index in [9.17, 15) is 0 Å². The van der Waals surface area contributed by atoms with Gasteiger partial charge in [0.25, 0.3) is 0 Å². The zero-order valence-electron chi connectivity index (χ0n) is 9.09. The van der Waals surface area contributed by atoms with E-state index in [1.807, 2.05) is 6.21 Å². The van der Waals surface area contributed by atoms with Gasteiger partial charge in [0.05, 0.1) is 0 Å². The average molecular weight is 243 g/mol. The molecule has 0 aliphatic heterocycles. The van der Waals surface area contributed by atoms with Gasteiger partial charge in [0, 0.05) is 12.3 Å². The second-order valence-electron chi connectivity index (χ2n) is 3.52. The van der Waals surface area contributed by atoms with Gasteiger partial charge in [-0.1, -0.05) is 31.8 Å². The molecule has 1 heterocycles. The first kappa shape index (κ1) is 14.4. The van der Waals surface area contributed by atoms with E-state index in [4.69, 9.17) is 0 Å². The van der Waals surface area contributed by atoms with Gasteiger partial charge in [0.1, 0.15) is 0 Å². The van der Waals surface area contributed by atoms with Crippen LogP contribution in [-0.4, -0.2) is 17.2 Å². The number of hydrogen-bond donors (Lipinski definition) is 0. The van der Waals surface area contributed by atoms with Crippen molar-refractivity contribution >= 4 is 6.21 Å². The number of hydrogen-bond acceptors (Lipinski definition) is 2. The quantitative estimate of drug-likeness (QED) is 0.590. The summed E-state index contributed by atoms with van der Waals surface area (Å²) in [6, 6.07) is 0.533. The maximum Gasteiger partial charge on any atom is 2.00 e. The molecule has 3 nitrogen and oxygen atoms in total. The van der Waals surface area contributed by atoms with Gasteiger partial charge in [0.15, 0.2) is 0 Å². The third kappa shape index (κ3) is 4.64. The van der Waals surface area contributed by atoms with Crippen molar-refractivity contribution in [2.24, 2.45) is 4.99 Å². The molecule has 0 unspecified atom stereocenters. The van der Waals surface area contributed by atoms with E-state index in [1.165, 1.54) is 32.1 Å². The summed E-state index contributed by atoms with van der Waals surface area (Å²) in [6.07, 6.45) is 11.7. The van der Waals surface area contributed by atoms with Gasteiger partial charge in [-0.25, -0.2) is 0 Å². The maximum absolute atomic E-state index is 4.50. The monoisotopic (exact) mass is 243 g/mol.